The van der Waals surface area contributed by atoms with Crippen LogP contribution >= 0.6 is 0 Å². The molecule has 0 spiro atoms. The number of amides is 3. The lowest BCUT2D eigenvalue weighted by molar-refractivity contribution is -0.130. The topological polar surface area (TPSA) is 97.4 Å². The SMILES string of the molecule is Cc1cc(-n2c(C)cc(C(=O)CN3C(=O)NC(C)(c4ccc5c(c4)CCC5)C3=O)c2C)no1. The molecule has 1 fully saturated rings. The first-order valence-corrected chi connectivity index (χ1v) is 11.1. The third kappa shape index (κ3) is 3.28. The number of aromatic nitrogens is 2. The van der Waals surface area contributed by atoms with Crippen LogP contribution < -0.4 is 5.32 Å². The molecule has 1 aliphatic heterocycles. The van der Waals surface area contributed by atoms with E-state index in [1.807, 2.05) is 36.6 Å². The van der Waals surface area contributed by atoms with Gasteiger partial charge in [-0.2, -0.15) is 0 Å². The predicted octanol–water partition coefficient (Wildman–Crippen LogP) is 3.53. The maximum absolute atomic E-state index is 13.3. The minimum atomic E-state index is -1.19. The van der Waals surface area contributed by atoms with Gasteiger partial charge in [0, 0.05) is 23.0 Å². The quantitative estimate of drug-likeness (QED) is 0.478. The lowest BCUT2D eigenvalue weighted by Crippen LogP contribution is -2.41. The molecule has 0 bridgehead atoms. The van der Waals surface area contributed by atoms with Gasteiger partial charge in [-0.1, -0.05) is 23.4 Å². The minimum absolute atomic E-state index is 0.309. The summed E-state index contributed by atoms with van der Waals surface area (Å²) in [5, 5.41) is 6.84. The number of nitrogens with one attached hydrogen (secondary N) is 1. The van der Waals surface area contributed by atoms with E-state index in [1.54, 1.807) is 26.0 Å². The van der Waals surface area contributed by atoms with Crippen molar-refractivity contribution in [3.05, 3.63) is 69.7 Å². The Morgan fingerprint density at radius 3 is 2.61 bits per heavy atom. The fourth-order valence-corrected chi connectivity index (χ4v) is 5.00. The van der Waals surface area contributed by atoms with Crippen molar-refractivity contribution in [2.24, 2.45) is 0 Å². The molecule has 8 nitrogen and oxygen atoms in total. The molecule has 5 rings (SSSR count). The largest absolute Gasteiger partial charge is 0.360 e. The van der Waals surface area contributed by atoms with E-state index in [9.17, 15) is 14.4 Å². The van der Waals surface area contributed by atoms with Crippen molar-refractivity contribution in [1.82, 2.24) is 19.9 Å². The number of carbonyl (C=O) groups is 3. The van der Waals surface area contributed by atoms with Gasteiger partial charge in [0.05, 0.1) is 6.54 Å². The molecule has 3 heterocycles. The van der Waals surface area contributed by atoms with E-state index in [4.69, 9.17) is 4.52 Å². The van der Waals surface area contributed by atoms with E-state index < -0.39 is 17.5 Å². The Morgan fingerprint density at radius 2 is 1.88 bits per heavy atom. The standard InChI is InChI=1S/C25H26N4O4/c1-14-10-20(16(3)29(14)22-11-15(2)33-27-22)21(30)13-28-23(31)25(4,26-24(28)32)19-9-8-17-6-5-7-18(17)12-19/h8-12H,5-7,13H2,1-4H3,(H,26,32). The number of imide groups is 1. The van der Waals surface area contributed by atoms with E-state index >= 15 is 0 Å². The summed E-state index contributed by atoms with van der Waals surface area (Å²) in [5.41, 5.74) is 4.01. The molecule has 1 saturated heterocycles. The fourth-order valence-electron chi connectivity index (χ4n) is 5.00. The van der Waals surface area contributed by atoms with Gasteiger partial charge < -0.3 is 9.84 Å². The van der Waals surface area contributed by atoms with Gasteiger partial charge in [-0.15, -0.1) is 0 Å². The summed E-state index contributed by atoms with van der Waals surface area (Å²) in [6, 6.07) is 8.93. The number of nitrogens with zero attached hydrogens (tertiary/aromatic N) is 3. The zero-order chi connectivity index (χ0) is 23.5. The molecule has 2 aromatic heterocycles. The third-order valence-corrected chi connectivity index (χ3v) is 6.83. The molecule has 3 amide bonds. The Labute approximate surface area is 191 Å². The van der Waals surface area contributed by atoms with E-state index in [0.717, 1.165) is 35.4 Å². The van der Waals surface area contributed by atoms with Crippen molar-refractivity contribution in [3.63, 3.8) is 0 Å². The van der Waals surface area contributed by atoms with Crippen LogP contribution in [0.3, 0.4) is 0 Å². The van der Waals surface area contributed by atoms with Crippen molar-refractivity contribution in [3.8, 4) is 5.82 Å². The van der Waals surface area contributed by atoms with Crippen LogP contribution in [0.4, 0.5) is 4.79 Å². The Kier molecular flexibility index (Phi) is 4.77. The molecule has 8 heteroatoms. The number of benzene rings is 1. The van der Waals surface area contributed by atoms with E-state index in [1.165, 1.54) is 11.1 Å². The highest BCUT2D eigenvalue weighted by molar-refractivity contribution is 6.11. The first-order valence-electron chi connectivity index (χ1n) is 11.1. The summed E-state index contributed by atoms with van der Waals surface area (Å²) in [6.07, 6.45) is 3.12. The molecule has 170 valence electrons. The molecular weight excluding hydrogens is 420 g/mol. The molecule has 33 heavy (non-hydrogen) atoms. The number of hydrogen-bond acceptors (Lipinski definition) is 5. The number of urea groups is 1. The second-order valence-corrected chi connectivity index (χ2v) is 9.12. The van der Waals surface area contributed by atoms with Crippen LogP contribution in [0.1, 0.15) is 57.5 Å². The van der Waals surface area contributed by atoms with Gasteiger partial charge in [-0.25, -0.2) is 4.79 Å². The van der Waals surface area contributed by atoms with Crippen LogP contribution in [0, 0.1) is 20.8 Å². The zero-order valence-electron chi connectivity index (χ0n) is 19.2. The fraction of sp³-hybridized carbons (Fsp3) is 0.360. The van der Waals surface area contributed by atoms with Gasteiger partial charge in [0.25, 0.3) is 5.91 Å². The minimum Gasteiger partial charge on any atom is -0.360 e. The summed E-state index contributed by atoms with van der Waals surface area (Å²) in [5.74, 6) is 0.521. The molecule has 1 aromatic carbocycles. The smallest absolute Gasteiger partial charge is 0.325 e. The maximum Gasteiger partial charge on any atom is 0.325 e. The van der Waals surface area contributed by atoms with Crippen molar-refractivity contribution < 1.29 is 18.9 Å². The number of aryl methyl sites for hydroxylation is 4. The normalized spacial score (nSPS) is 19.8. The molecule has 2 aliphatic rings. The van der Waals surface area contributed by atoms with Gasteiger partial charge >= 0.3 is 6.03 Å². The highest BCUT2D eigenvalue weighted by Crippen LogP contribution is 2.33. The second kappa shape index (κ2) is 7.43. The van der Waals surface area contributed by atoms with Crippen LogP contribution in [0.2, 0.25) is 0 Å². The molecule has 1 atom stereocenters. The summed E-state index contributed by atoms with van der Waals surface area (Å²) < 4.78 is 6.99. The second-order valence-electron chi connectivity index (χ2n) is 9.12. The molecule has 1 unspecified atom stereocenters. The molecule has 3 aromatic rings. The molecule has 0 saturated carbocycles. The number of Topliss-reactive ketones (excluding diaryl/α,β-unsaturated/α-hetero) is 1. The van der Waals surface area contributed by atoms with Crippen LogP contribution in [0.5, 0.6) is 0 Å². The number of carbonyl (C=O) groups excluding carboxylic acids is 3. The summed E-state index contributed by atoms with van der Waals surface area (Å²) >= 11 is 0. The highest BCUT2D eigenvalue weighted by atomic mass is 16.5. The number of rotatable bonds is 5. The van der Waals surface area contributed by atoms with Crippen LogP contribution in [-0.4, -0.2) is 38.9 Å². The van der Waals surface area contributed by atoms with Crippen LogP contribution in [-0.2, 0) is 23.2 Å². The van der Waals surface area contributed by atoms with Gasteiger partial charge in [-0.05, 0) is 69.7 Å². The molecule has 0 radical (unpaired) electrons. The zero-order valence-corrected chi connectivity index (χ0v) is 19.2. The van der Waals surface area contributed by atoms with Gasteiger partial charge in [0.2, 0.25) is 0 Å². The highest BCUT2D eigenvalue weighted by Gasteiger charge is 2.49. The summed E-state index contributed by atoms with van der Waals surface area (Å²) in [7, 11) is 0. The van der Waals surface area contributed by atoms with Crippen LogP contribution in [0.25, 0.3) is 5.82 Å². The lowest BCUT2D eigenvalue weighted by Gasteiger charge is -2.23. The summed E-state index contributed by atoms with van der Waals surface area (Å²) in [4.78, 5) is 40.3. The van der Waals surface area contributed by atoms with E-state index in [2.05, 4.69) is 10.5 Å². The molecular formula is C25H26N4O4. The van der Waals surface area contributed by atoms with Crippen molar-refractivity contribution in [2.75, 3.05) is 6.54 Å². The monoisotopic (exact) mass is 446 g/mol. The van der Waals surface area contributed by atoms with Gasteiger partial charge in [-0.3, -0.25) is 19.1 Å². The average molecular weight is 447 g/mol. The van der Waals surface area contributed by atoms with E-state index in [-0.39, 0.29) is 12.3 Å². The number of hydrogen-bond donors (Lipinski definition) is 1. The van der Waals surface area contributed by atoms with Gasteiger partial charge in [0.1, 0.15) is 11.3 Å². The molecule has 1 aliphatic carbocycles. The molecule has 1 N–H and O–H groups in total. The number of ketones is 1. The average Bonchev–Trinajstić information content (AvgIpc) is 3.52. The van der Waals surface area contributed by atoms with E-state index in [0.29, 0.717) is 22.8 Å². The maximum atomic E-state index is 13.3. The first kappa shape index (κ1) is 21.2. The number of fused-ring (bicyclic) bond motifs is 1. The lowest BCUT2D eigenvalue weighted by atomic mass is 9.89. The van der Waals surface area contributed by atoms with Crippen molar-refractivity contribution >= 4 is 17.7 Å². The summed E-state index contributed by atoms with van der Waals surface area (Å²) in [6.45, 7) is 6.85. The Bertz CT molecular complexity index is 1320. The third-order valence-electron chi connectivity index (χ3n) is 6.83. The first-order chi connectivity index (χ1) is 15.7. The van der Waals surface area contributed by atoms with Crippen molar-refractivity contribution in [2.45, 2.75) is 52.5 Å². The van der Waals surface area contributed by atoms with Crippen molar-refractivity contribution in [1.29, 1.82) is 0 Å². The van der Waals surface area contributed by atoms with Gasteiger partial charge in [0.15, 0.2) is 11.6 Å². The predicted molar refractivity (Wildman–Crippen MR) is 120 cm³/mol. The Hall–Kier alpha value is -3.68. The Balaban J connectivity index is 1.40. The Morgan fingerprint density at radius 1 is 1.12 bits per heavy atom. The van der Waals surface area contributed by atoms with Crippen LogP contribution in [0.15, 0.2) is 34.9 Å².